The molecule has 3 atom stereocenters. The first kappa shape index (κ1) is 26.2. The Morgan fingerprint density at radius 1 is 0.846 bits per heavy atom. The number of aliphatic hydroxyl groups is 1. The molecule has 0 aliphatic carbocycles. The molecule has 200 valence electrons. The molecule has 0 amide bonds. The van der Waals surface area contributed by atoms with Crippen molar-refractivity contribution in [2.24, 2.45) is 0 Å². The summed E-state index contributed by atoms with van der Waals surface area (Å²) in [5.41, 5.74) is 0.771. The fourth-order valence-corrected chi connectivity index (χ4v) is 5.24. The molecule has 39 heavy (non-hydrogen) atoms. The van der Waals surface area contributed by atoms with E-state index in [1.807, 2.05) is 78.9 Å². The van der Waals surface area contributed by atoms with Crippen LogP contribution in [0.4, 0.5) is 0 Å². The van der Waals surface area contributed by atoms with Crippen molar-refractivity contribution in [2.75, 3.05) is 14.2 Å². The molecule has 0 spiro atoms. The Labute approximate surface area is 225 Å². The van der Waals surface area contributed by atoms with Crippen molar-refractivity contribution in [3.05, 3.63) is 140 Å². The molecular formula is C31H30N2O6. The molecule has 1 aliphatic heterocycles. The van der Waals surface area contributed by atoms with Gasteiger partial charge in [-0.2, -0.15) is 0 Å². The van der Waals surface area contributed by atoms with Crippen molar-refractivity contribution in [1.82, 2.24) is 9.55 Å². The van der Waals surface area contributed by atoms with Gasteiger partial charge in [0.25, 0.3) is 5.56 Å². The van der Waals surface area contributed by atoms with Crippen molar-refractivity contribution in [1.29, 1.82) is 0 Å². The lowest BCUT2D eigenvalue weighted by molar-refractivity contribution is -0.0637. The molecule has 8 nitrogen and oxygen atoms in total. The molecule has 1 unspecified atom stereocenters. The number of hydrogen-bond donors (Lipinski definition) is 2. The van der Waals surface area contributed by atoms with Gasteiger partial charge in [0, 0.05) is 11.8 Å². The van der Waals surface area contributed by atoms with E-state index in [0.29, 0.717) is 17.1 Å². The maximum absolute atomic E-state index is 12.5. The van der Waals surface area contributed by atoms with Crippen LogP contribution in [0, 0.1) is 6.92 Å². The maximum Gasteiger partial charge on any atom is 0.330 e. The second-order valence-electron chi connectivity index (χ2n) is 9.43. The highest BCUT2D eigenvalue weighted by Gasteiger charge is 2.48. The van der Waals surface area contributed by atoms with Gasteiger partial charge in [-0.05, 0) is 54.0 Å². The summed E-state index contributed by atoms with van der Waals surface area (Å²) in [4.78, 5) is 26.7. The van der Waals surface area contributed by atoms with Gasteiger partial charge in [0.15, 0.2) is 6.23 Å². The Morgan fingerprint density at radius 3 is 1.92 bits per heavy atom. The number of H-pyrrole nitrogens is 1. The Morgan fingerprint density at radius 2 is 1.38 bits per heavy atom. The zero-order chi connectivity index (χ0) is 27.6. The number of methoxy groups -OCH3 is 2. The normalized spacial score (nSPS) is 17.6. The minimum absolute atomic E-state index is 0.380. The van der Waals surface area contributed by atoms with Crippen molar-refractivity contribution < 1.29 is 19.3 Å². The fraction of sp³-hybridized carbons (Fsp3) is 0.226. The van der Waals surface area contributed by atoms with Crippen LogP contribution in [-0.2, 0) is 10.2 Å². The van der Waals surface area contributed by atoms with Gasteiger partial charge in [-0.25, -0.2) is 4.79 Å². The number of ether oxygens (including phenoxy) is 3. The molecule has 1 aliphatic rings. The highest BCUT2D eigenvalue weighted by Crippen LogP contribution is 2.46. The molecule has 2 heterocycles. The first-order valence-corrected chi connectivity index (χ1v) is 12.6. The van der Waals surface area contributed by atoms with Crippen LogP contribution in [0.5, 0.6) is 11.5 Å². The predicted molar refractivity (Wildman–Crippen MR) is 147 cm³/mol. The van der Waals surface area contributed by atoms with Crippen LogP contribution >= 0.6 is 0 Å². The van der Waals surface area contributed by atoms with Crippen molar-refractivity contribution in [2.45, 2.75) is 30.8 Å². The molecule has 0 saturated heterocycles. The lowest BCUT2D eigenvalue weighted by atomic mass is 9.64. The molecule has 0 radical (unpaired) electrons. The van der Waals surface area contributed by atoms with E-state index >= 15 is 0 Å². The average Bonchev–Trinajstić information content (AvgIpc) is 3.46. The molecule has 5 rings (SSSR count). The van der Waals surface area contributed by atoms with Gasteiger partial charge < -0.3 is 19.3 Å². The van der Waals surface area contributed by atoms with Crippen LogP contribution in [-0.4, -0.2) is 41.1 Å². The van der Waals surface area contributed by atoms with Gasteiger partial charge >= 0.3 is 5.69 Å². The first-order valence-electron chi connectivity index (χ1n) is 12.6. The zero-order valence-electron chi connectivity index (χ0n) is 21.9. The second kappa shape index (κ2) is 10.8. The van der Waals surface area contributed by atoms with Crippen LogP contribution in [0.1, 0.15) is 28.5 Å². The van der Waals surface area contributed by atoms with E-state index < -0.39 is 35.1 Å². The lowest BCUT2D eigenvalue weighted by Crippen LogP contribution is -2.48. The monoisotopic (exact) mass is 526 g/mol. The van der Waals surface area contributed by atoms with Crippen LogP contribution in [0.15, 0.2) is 107 Å². The highest BCUT2D eigenvalue weighted by molar-refractivity contribution is 5.54. The Bertz CT molecular complexity index is 1530. The standard InChI is InChI=1S/C31H30N2O6/c1-20-19-33(30(36)32-29(20)35)27-18-17-26(39-27)28(34)31(21-7-5-4-6-8-21,22-9-13-24(37-2)14-10-22)23-11-15-25(38-3)16-12-23/h4-19,26-28,34H,1-3H3,(H,32,35,36)/t26-,27+,28?/m0/s1. The van der Waals surface area contributed by atoms with Crippen molar-refractivity contribution in [3.63, 3.8) is 0 Å². The Kier molecular flexibility index (Phi) is 7.24. The third-order valence-electron chi connectivity index (χ3n) is 7.26. The molecule has 0 fully saturated rings. The summed E-state index contributed by atoms with van der Waals surface area (Å²) in [5.74, 6) is 1.38. The zero-order valence-corrected chi connectivity index (χ0v) is 21.9. The van der Waals surface area contributed by atoms with Gasteiger partial charge in [-0.3, -0.25) is 14.3 Å². The summed E-state index contributed by atoms with van der Waals surface area (Å²) in [6.07, 6.45) is 2.22. The number of nitrogens with zero attached hydrogens (tertiary/aromatic N) is 1. The van der Waals surface area contributed by atoms with E-state index in [1.165, 1.54) is 10.8 Å². The fourth-order valence-electron chi connectivity index (χ4n) is 5.24. The molecule has 2 N–H and O–H groups in total. The molecule has 0 bridgehead atoms. The van der Waals surface area contributed by atoms with Gasteiger partial charge in [-0.15, -0.1) is 0 Å². The number of aromatic amines is 1. The van der Waals surface area contributed by atoms with Crippen molar-refractivity contribution >= 4 is 0 Å². The second-order valence-corrected chi connectivity index (χ2v) is 9.43. The van der Waals surface area contributed by atoms with Gasteiger partial charge in [0.1, 0.15) is 23.7 Å². The summed E-state index contributed by atoms with van der Waals surface area (Å²) >= 11 is 0. The van der Waals surface area contributed by atoms with E-state index in [0.717, 1.165) is 16.7 Å². The number of aryl methyl sites for hydroxylation is 1. The van der Waals surface area contributed by atoms with E-state index in [2.05, 4.69) is 4.98 Å². The first-order chi connectivity index (χ1) is 18.9. The summed E-state index contributed by atoms with van der Waals surface area (Å²) in [6.45, 7) is 1.62. The van der Waals surface area contributed by atoms with Crippen LogP contribution in [0.2, 0.25) is 0 Å². The summed E-state index contributed by atoms with van der Waals surface area (Å²) in [6, 6.07) is 24.9. The topological polar surface area (TPSA) is 103 Å². The average molecular weight is 527 g/mol. The smallest absolute Gasteiger partial charge is 0.330 e. The van der Waals surface area contributed by atoms with E-state index in [4.69, 9.17) is 14.2 Å². The quantitative estimate of drug-likeness (QED) is 0.268. The summed E-state index contributed by atoms with van der Waals surface area (Å²) < 4.78 is 18.4. The minimum atomic E-state index is -1.12. The minimum Gasteiger partial charge on any atom is -0.497 e. The van der Waals surface area contributed by atoms with E-state index in [1.54, 1.807) is 33.3 Å². The van der Waals surface area contributed by atoms with E-state index in [9.17, 15) is 14.7 Å². The Hall–Kier alpha value is -4.40. The largest absolute Gasteiger partial charge is 0.497 e. The highest BCUT2D eigenvalue weighted by atomic mass is 16.5. The Balaban J connectivity index is 1.66. The van der Waals surface area contributed by atoms with Crippen molar-refractivity contribution in [3.8, 4) is 11.5 Å². The summed E-state index contributed by atoms with van der Waals surface area (Å²) in [7, 11) is 3.21. The molecule has 8 heteroatoms. The third-order valence-corrected chi connectivity index (χ3v) is 7.26. The van der Waals surface area contributed by atoms with E-state index in [-0.39, 0.29) is 0 Å². The molecule has 4 aromatic rings. The molecule has 3 aromatic carbocycles. The molecular weight excluding hydrogens is 496 g/mol. The number of hydrogen-bond acceptors (Lipinski definition) is 6. The van der Waals surface area contributed by atoms with Crippen LogP contribution in [0.3, 0.4) is 0 Å². The number of rotatable bonds is 8. The molecule has 0 saturated carbocycles. The number of nitrogens with one attached hydrogen (secondary N) is 1. The SMILES string of the molecule is COc1ccc(C(c2ccccc2)(c2ccc(OC)cc2)C(O)[C@@H]2C=C[C@H](n3cc(C)c(=O)[nH]c3=O)O2)cc1. The van der Waals surface area contributed by atoms with Crippen LogP contribution in [0.25, 0.3) is 0 Å². The van der Waals surface area contributed by atoms with Gasteiger partial charge in [-0.1, -0.05) is 60.7 Å². The number of aromatic nitrogens is 2. The number of benzene rings is 3. The summed E-state index contributed by atoms with van der Waals surface area (Å²) in [5, 5.41) is 12.3. The predicted octanol–water partition coefficient (Wildman–Crippen LogP) is 3.71. The third kappa shape index (κ3) is 4.69. The number of aliphatic hydroxyl groups excluding tert-OH is 1. The molecule has 1 aromatic heterocycles. The van der Waals surface area contributed by atoms with Gasteiger partial charge in [0.05, 0.1) is 19.6 Å². The van der Waals surface area contributed by atoms with Crippen LogP contribution < -0.4 is 20.7 Å². The lowest BCUT2D eigenvalue weighted by Gasteiger charge is -2.42. The van der Waals surface area contributed by atoms with Gasteiger partial charge in [0.2, 0.25) is 0 Å². The maximum atomic E-state index is 12.5.